The predicted octanol–water partition coefficient (Wildman–Crippen LogP) is 5.33. The van der Waals surface area contributed by atoms with E-state index in [1.807, 2.05) is 60.0 Å². The maximum atomic E-state index is 13.6. The van der Waals surface area contributed by atoms with Gasteiger partial charge in [0, 0.05) is 12.7 Å². The molecule has 182 valence electrons. The van der Waals surface area contributed by atoms with Crippen LogP contribution in [-0.4, -0.2) is 35.0 Å². The lowest BCUT2D eigenvalue weighted by Gasteiger charge is -2.16. The average molecular weight is 500 g/mol. The van der Waals surface area contributed by atoms with Crippen LogP contribution in [-0.2, 0) is 21.3 Å². The number of nitrogens with zero attached hydrogens (tertiary/aromatic N) is 2. The monoisotopic (exact) mass is 499 g/mol. The number of aromatic amines is 1. The number of aryl methyl sites for hydroxylation is 1. The number of esters is 1. The standard InChI is InChI=1S/C28H25N3O4S/c1-20-10-12-22(13-11-20)36(33,34)31-18-6-9-27(31)26-17-16-25(23-14-15-24(29-23)28(32)35-2)30(26)19-21-7-4-3-5-8-21/h3-18,29H,19H2,1-2H3. The molecule has 0 aliphatic heterocycles. The Morgan fingerprint density at radius 3 is 2.28 bits per heavy atom. The van der Waals surface area contributed by atoms with E-state index in [0.717, 1.165) is 28.2 Å². The molecule has 0 spiro atoms. The molecule has 8 heteroatoms. The van der Waals surface area contributed by atoms with Crippen molar-refractivity contribution in [3.05, 3.63) is 114 Å². The number of methoxy groups -OCH3 is 1. The molecule has 2 aromatic carbocycles. The number of rotatable bonds is 7. The number of benzene rings is 2. The molecular weight excluding hydrogens is 474 g/mol. The van der Waals surface area contributed by atoms with Crippen molar-refractivity contribution in [2.45, 2.75) is 18.4 Å². The highest BCUT2D eigenvalue weighted by Crippen LogP contribution is 2.32. The number of aromatic nitrogens is 3. The Labute approximate surface area is 209 Å². The molecule has 0 aliphatic rings. The zero-order valence-corrected chi connectivity index (χ0v) is 20.7. The Morgan fingerprint density at radius 2 is 1.56 bits per heavy atom. The van der Waals surface area contributed by atoms with Gasteiger partial charge >= 0.3 is 5.97 Å². The first kappa shape index (κ1) is 23.4. The fraction of sp³-hybridized carbons (Fsp3) is 0.107. The van der Waals surface area contributed by atoms with E-state index < -0.39 is 16.0 Å². The number of hydrogen-bond donors (Lipinski definition) is 1. The van der Waals surface area contributed by atoms with Crippen LogP contribution in [0.3, 0.4) is 0 Å². The van der Waals surface area contributed by atoms with Gasteiger partial charge in [0.05, 0.1) is 34.8 Å². The van der Waals surface area contributed by atoms with Crippen molar-refractivity contribution in [3.8, 4) is 22.8 Å². The highest BCUT2D eigenvalue weighted by molar-refractivity contribution is 7.90. The third-order valence-corrected chi connectivity index (χ3v) is 7.79. The summed E-state index contributed by atoms with van der Waals surface area (Å²) in [7, 11) is -2.48. The molecule has 0 saturated heterocycles. The van der Waals surface area contributed by atoms with Gasteiger partial charge < -0.3 is 14.3 Å². The molecule has 7 nitrogen and oxygen atoms in total. The van der Waals surface area contributed by atoms with E-state index in [1.165, 1.54) is 11.1 Å². The summed E-state index contributed by atoms with van der Waals surface area (Å²) in [6.45, 7) is 2.42. The summed E-state index contributed by atoms with van der Waals surface area (Å²) in [6.07, 6.45) is 1.56. The zero-order valence-electron chi connectivity index (χ0n) is 19.9. The van der Waals surface area contributed by atoms with Gasteiger partial charge in [-0.25, -0.2) is 17.2 Å². The first-order valence-electron chi connectivity index (χ1n) is 11.4. The molecule has 3 aromatic heterocycles. The van der Waals surface area contributed by atoms with Crippen molar-refractivity contribution < 1.29 is 17.9 Å². The van der Waals surface area contributed by atoms with E-state index in [-0.39, 0.29) is 4.90 Å². The van der Waals surface area contributed by atoms with Crippen molar-refractivity contribution in [1.82, 2.24) is 13.5 Å². The summed E-state index contributed by atoms with van der Waals surface area (Å²) >= 11 is 0. The molecule has 5 rings (SSSR count). The Morgan fingerprint density at radius 1 is 0.833 bits per heavy atom. The predicted molar refractivity (Wildman–Crippen MR) is 138 cm³/mol. The quantitative estimate of drug-likeness (QED) is 0.307. The van der Waals surface area contributed by atoms with Crippen LogP contribution < -0.4 is 0 Å². The number of H-pyrrole nitrogens is 1. The van der Waals surface area contributed by atoms with E-state index in [1.54, 1.807) is 48.7 Å². The Hall–Kier alpha value is -4.30. The number of hydrogen-bond acceptors (Lipinski definition) is 4. The van der Waals surface area contributed by atoms with Gasteiger partial charge in [0.1, 0.15) is 5.69 Å². The highest BCUT2D eigenvalue weighted by atomic mass is 32.2. The molecular formula is C28H25N3O4S. The van der Waals surface area contributed by atoms with Crippen molar-refractivity contribution in [3.63, 3.8) is 0 Å². The molecule has 0 fully saturated rings. The minimum atomic E-state index is -3.81. The number of carbonyl (C=O) groups is 1. The van der Waals surface area contributed by atoms with Crippen LogP contribution >= 0.6 is 0 Å². The Bertz CT molecular complexity index is 1630. The van der Waals surface area contributed by atoms with E-state index in [0.29, 0.717) is 17.9 Å². The first-order valence-corrected chi connectivity index (χ1v) is 12.8. The second-order valence-electron chi connectivity index (χ2n) is 8.46. The van der Waals surface area contributed by atoms with Gasteiger partial charge in [0.2, 0.25) is 0 Å². The number of nitrogens with one attached hydrogen (secondary N) is 1. The number of ether oxygens (including phenoxy) is 1. The van der Waals surface area contributed by atoms with Crippen molar-refractivity contribution in [1.29, 1.82) is 0 Å². The van der Waals surface area contributed by atoms with Crippen LogP contribution in [0.4, 0.5) is 0 Å². The fourth-order valence-corrected chi connectivity index (χ4v) is 5.59. The summed E-state index contributed by atoms with van der Waals surface area (Å²) in [4.78, 5) is 15.3. The summed E-state index contributed by atoms with van der Waals surface area (Å²) in [5, 5.41) is 0. The third-order valence-electron chi connectivity index (χ3n) is 6.08. The normalized spacial score (nSPS) is 11.5. The minimum absolute atomic E-state index is 0.221. The molecule has 36 heavy (non-hydrogen) atoms. The lowest BCUT2D eigenvalue weighted by Crippen LogP contribution is -2.14. The molecule has 0 bridgehead atoms. The van der Waals surface area contributed by atoms with Gasteiger partial charge in [-0.15, -0.1) is 0 Å². The van der Waals surface area contributed by atoms with Crippen molar-refractivity contribution in [2.75, 3.05) is 7.11 Å². The van der Waals surface area contributed by atoms with Gasteiger partial charge in [-0.3, -0.25) is 0 Å². The second-order valence-corrected chi connectivity index (χ2v) is 10.3. The molecule has 1 N–H and O–H groups in total. The lowest BCUT2D eigenvalue weighted by molar-refractivity contribution is 0.0595. The number of carbonyl (C=O) groups excluding carboxylic acids is 1. The van der Waals surface area contributed by atoms with E-state index in [4.69, 9.17) is 4.74 Å². The van der Waals surface area contributed by atoms with Crippen LogP contribution in [0.5, 0.6) is 0 Å². The molecule has 0 radical (unpaired) electrons. The molecule has 0 atom stereocenters. The van der Waals surface area contributed by atoms with Crippen LogP contribution in [0.15, 0.2) is 102 Å². The molecule has 0 unspecified atom stereocenters. The molecule has 0 amide bonds. The molecule has 5 aromatic rings. The Balaban J connectivity index is 1.65. The van der Waals surface area contributed by atoms with Gasteiger partial charge in [-0.05, 0) is 61.0 Å². The van der Waals surface area contributed by atoms with Gasteiger partial charge in [-0.2, -0.15) is 0 Å². The minimum Gasteiger partial charge on any atom is -0.464 e. The smallest absolute Gasteiger partial charge is 0.354 e. The van der Waals surface area contributed by atoms with Crippen LogP contribution in [0.25, 0.3) is 22.8 Å². The Kier molecular flexibility index (Phi) is 6.12. The van der Waals surface area contributed by atoms with E-state index >= 15 is 0 Å². The topological polar surface area (TPSA) is 86.1 Å². The largest absolute Gasteiger partial charge is 0.464 e. The first-order chi connectivity index (χ1) is 17.4. The lowest BCUT2D eigenvalue weighted by atomic mass is 10.2. The van der Waals surface area contributed by atoms with E-state index in [9.17, 15) is 13.2 Å². The maximum Gasteiger partial charge on any atom is 0.354 e. The zero-order chi connectivity index (χ0) is 25.3. The second kappa shape index (κ2) is 9.39. The SMILES string of the molecule is COC(=O)c1ccc(-c2ccc(-c3cccn3S(=O)(=O)c3ccc(C)cc3)n2Cc2ccccc2)[nH]1. The summed E-state index contributed by atoms with van der Waals surface area (Å²) in [5.74, 6) is -0.458. The van der Waals surface area contributed by atoms with Gasteiger partial charge in [0.15, 0.2) is 0 Å². The fourth-order valence-electron chi connectivity index (χ4n) is 4.23. The van der Waals surface area contributed by atoms with Crippen LogP contribution in [0.1, 0.15) is 21.6 Å². The van der Waals surface area contributed by atoms with Crippen LogP contribution in [0, 0.1) is 6.92 Å². The average Bonchev–Trinajstić information content (AvgIpc) is 3.64. The van der Waals surface area contributed by atoms with Gasteiger partial charge in [-0.1, -0.05) is 48.0 Å². The highest BCUT2D eigenvalue weighted by Gasteiger charge is 2.23. The van der Waals surface area contributed by atoms with Crippen LogP contribution in [0.2, 0.25) is 0 Å². The van der Waals surface area contributed by atoms with Crippen molar-refractivity contribution >= 4 is 16.0 Å². The summed E-state index contributed by atoms with van der Waals surface area (Å²) in [5.41, 5.74) is 5.17. The molecule has 3 heterocycles. The van der Waals surface area contributed by atoms with Crippen molar-refractivity contribution in [2.24, 2.45) is 0 Å². The molecule has 0 aliphatic carbocycles. The summed E-state index contributed by atoms with van der Waals surface area (Å²) < 4.78 is 35.3. The maximum absolute atomic E-state index is 13.6. The molecule has 0 saturated carbocycles. The summed E-state index contributed by atoms with van der Waals surface area (Å²) in [6, 6.07) is 27.6. The van der Waals surface area contributed by atoms with E-state index in [2.05, 4.69) is 4.98 Å². The third kappa shape index (κ3) is 4.27. The van der Waals surface area contributed by atoms with Gasteiger partial charge in [0.25, 0.3) is 10.0 Å².